The van der Waals surface area contributed by atoms with Crippen LogP contribution in [0.5, 0.6) is 0 Å². The lowest BCUT2D eigenvalue weighted by Crippen LogP contribution is -2.48. The van der Waals surface area contributed by atoms with Crippen LogP contribution in [-0.2, 0) is 22.4 Å². The summed E-state index contributed by atoms with van der Waals surface area (Å²) < 4.78 is 5.63. The minimum absolute atomic E-state index is 0.00408. The summed E-state index contributed by atoms with van der Waals surface area (Å²) in [6.45, 7) is 3.27. The molecule has 8 nitrogen and oxygen atoms in total. The van der Waals surface area contributed by atoms with E-state index < -0.39 is 5.41 Å². The molecule has 0 bridgehead atoms. The molecule has 8 heteroatoms. The van der Waals surface area contributed by atoms with Crippen LogP contribution in [0, 0.1) is 11.3 Å². The fourth-order valence-corrected chi connectivity index (χ4v) is 4.43. The van der Waals surface area contributed by atoms with Crippen molar-refractivity contribution in [1.29, 1.82) is 0 Å². The first-order valence-corrected chi connectivity index (χ1v) is 9.37. The third-order valence-electron chi connectivity index (χ3n) is 5.97. The summed E-state index contributed by atoms with van der Waals surface area (Å²) in [5.74, 6) is 0.00136. The fourth-order valence-electron chi connectivity index (χ4n) is 4.43. The third kappa shape index (κ3) is 2.81. The van der Waals surface area contributed by atoms with Crippen molar-refractivity contribution >= 4 is 11.8 Å². The maximum atomic E-state index is 13.0. The zero-order valence-electron chi connectivity index (χ0n) is 15.5. The molecule has 26 heavy (non-hydrogen) atoms. The van der Waals surface area contributed by atoms with Crippen LogP contribution < -0.4 is 5.32 Å². The molecule has 0 radical (unpaired) electrons. The first kappa shape index (κ1) is 17.5. The maximum Gasteiger partial charge on any atom is 0.274 e. The number of nitrogens with zero attached hydrogens (tertiary/aromatic N) is 3. The van der Waals surface area contributed by atoms with E-state index in [1.54, 1.807) is 4.90 Å². The van der Waals surface area contributed by atoms with E-state index in [1.165, 1.54) is 0 Å². The van der Waals surface area contributed by atoms with Gasteiger partial charge in [-0.05, 0) is 33.4 Å². The van der Waals surface area contributed by atoms with Crippen molar-refractivity contribution in [1.82, 2.24) is 25.3 Å². The number of rotatable bonds is 5. The molecule has 2 saturated heterocycles. The number of ether oxygens (including phenoxy) is 1. The Morgan fingerprint density at radius 3 is 3.08 bits per heavy atom. The summed E-state index contributed by atoms with van der Waals surface area (Å²) in [6.07, 6.45) is 2.94. The van der Waals surface area contributed by atoms with Gasteiger partial charge < -0.3 is 19.9 Å². The second-order valence-corrected chi connectivity index (χ2v) is 8.00. The number of amides is 2. The summed E-state index contributed by atoms with van der Waals surface area (Å²) in [5.41, 5.74) is 2.07. The molecular weight excluding hydrogens is 334 g/mol. The molecule has 2 N–H and O–H groups in total. The largest absolute Gasteiger partial charge is 0.380 e. The van der Waals surface area contributed by atoms with Gasteiger partial charge in [0, 0.05) is 43.4 Å². The normalized spacial score (nSPS) is 27.0. The number of nitrogens with one attached hydrogen (secondary N) is 2. The number of aryl methyl sites for hydroxylation is 1. The lowest BCUT2D eigenvalue weighted by atomic mass is 9.80. The molecule has 142 valence electrons. The number of aromatic amines is 1. The molecule has 2 atom stereocenters. The van der Waals surface area contributed by atoms with Crippen LogP contribution in [0.2, 0.25) is 0 Å². The predicted octanol–water partition coefficient (Wildman–Crippen LogP) is -0.335. The smallest absolute Gasteiger partial charge is 0.274 e. The lowest BCUT2D eigenvalue weighted by Gasteiger charge is -2.26. The van der Waals surface area contributed by atoms with E-state index in [9.17, 15) is 9.59 Å². The van der Waals surface area contributed by atoms with E-state index >= 15 is 0 Å². The summed E-state index contributed by atoms with van der Waals surface area (Å²) >= 11 is 0. The van der Waals surface area contributed by atoms with E-state index in [1.807, 2.05) is 19.0 Å². The van der Waals surface area contributed by atoms with Crippen LogP contribution in [0.1, 0.15) is 28.2 Å². The number of likely N-dealkylation sites (N-methyl/N-ethyl adjacent to an activating group) is 1. The fraction of sp³-hybridized carbons (Fsp3) is 0.722. The van der Waals surface area contributed by atoms with Crippen molar-refractivity contribution in [2.45, 2.75) is 19.3 Å². The number of carbonyl (C=O) groups excluding carboxylic acids is 2. The number of hydrogen-bond donors (Lipinski definition) is 2. The molecule has 2 fully saturated rings. The minimum Gasteiger partial charge on any atom is -0.380 e. The molecule has 2 amide bonds. The lowest BCUT2D eigenvalue weighted by molar-refractivity contribution is -0.131. The van der Waals surface area contributed by atoms with E-state index in [0.717, 1.165) is 37.1 Å². The summed E-state index contributed by atoms with van der Waals surface area (Å²) in [6, 6.07) is 0. The van der Waals surface area contributed by atoms with Gasteiger partial charge in [0.25, 0.3) is 5.91 Å². The van der Waals surface area contributed by atoms with Gasteiger partial charge in [-0.2, -0.15) is 5.10 Å². The monoisotopic (exact) mass is 361 g/mol. The zero-order valence-corrected chi connectivity index (χ0v) is 15.5. The number of likely N-dealkylation sites (tertiary alicyclic amines) is 1. The number of fused-ring (bicyclic) bond motifs is 2. The molecule has 2 aliphatic heterocycles. The highest BCUT2D eigenvalue weighted by molar-refractivity contribution is 5.95. The van der Waals surface area contributed by atoms with Crippen molar-refractivity contribution in [3.63, 3.8) is 0 Å². The van der Waals surface area contributed by atoms with Gasteiger partial charge in [0.05, 0.1) is 18.6 Å². The van der Waals surface area contributed by atoms with E-state index in [-0.39, 0.29) is 17.7 Å². The van der Waals surface area contributed by atoms with Gasteiger partial charge >= 0.3 is 0 Å². The summed E-state index contributed by atoms with van der Waals surface area (Å²) in [7, 11) is 3.95. The number of carbonyl (C=O) groups is 2. The molecule has 0 saturated carbocycles. The second kappa shape index (κ2) is 6.66. The van der Waals surface area contributed by atoms with E-state index in [4.69, 9.17) is 4.74 Å². The molecular formula is C18H27N5O3. The Morgan fingerprint density at radius 2 is 2.27 bits per heavy atom. The Morgan fingerprint density at radius 1 is 1.42 bits per heavy atom. The summed E-state index contributed by atoms with van der Waals surface area (Å²) in [4.78, 5) is 29.8. The van der Waals surface area contributed by atoms with Gasteiger partial charge in [-0.15, -0.1) is 0 Å². The van der Waals surface area contributed by atoms with Crippen molar-refractivity contribution in [3.8, 4) is 0 Å². The molecule has 0 spiro atoms. The first-order valence-electron chi connectivity index (χ1n) is 9.37. The van der Waals surface area contributed by atoms with Crippen molar-refractivity contribution in [3.05, 3.63) is 17.0 Å². The predicted molar refractivity (Wildman–Crippen MR) is 94.8 cm³/mol. The number of hydrogen-bond acceptors (Lipinski definition) is 5. The average Bonchev–Trinajstić information content (AvgIpc) is 3.32. The highest BCUT2D eigenvalue weighted by Gasteiger charge is 2.57. The molecule has 4 rings (SSSR count). The Kier molecular flexibility index (Phi) is 4.48. The van der Waals surface area contributed by atoms with Gasteiger partial charge in [0.1, 0.15) is 0 Å². The first-order chi connectivity index (χ1) is 12.5. The van der Waals surface area contributed by atoms with Crippen molar-refractivity contribution in [2.75, 3.05) is 53.5 Å². The Balaban J connectivity index is 1.47. The quantitative estimate of drug-likeness (QED) is 0.749. The molecule has 3 aliphatic rings. The second-order valence-electron chi connectivity index (χ2n) is 8.00. The highest BCUT2D eigenvalue weighted by Crippen LogP contribution is 2.42. The standard InChI is InChI=1S/C18H27N5O3/c1-22(2)7-6-19-17(25)18-10-23(8-12(18)9-26-11-18)16(24)15-13-4-3-5-14(13)20-21-15/h12H,3-11H2,1-2H3,(H,19,25)(H,20,21)/t12-,18-/m0/s1. The number of H-pyrrole nitrogens is 1. The molecule has 0 aromatic carbocycles. The molecule has 1 aromatic heterocycles. The summed E-state index contributed by atoms with van der Waals surface area (Å²) in [5, 5.41) is 10.3. The van der Waals surface area contributed by atoms with Crippen LogP contribution in [0.3, 0.4) is 0 Å². The van der Waals surface area contributed by atoms with Crippen molar-refractivity contribution in [2.24, 2.45) is 11.3 Å². The Labute approximate surface area is 153 Å². The van der Waals surface area contributed by atoms with Crippen LogP contribution >= 0.6 is 0 Å². The van der Waals surface area contributed by atoms with Crippen LogP contribution in [0.25, 0.3) is 0 Å². The number of aromatic nitrogens is 2. The van der Waals surface area contributed by atoms with E-state index in [2.05, 4.69) is 15.5 Å². The molecule has 0 unspecified atom stereocenters. The SMILES string of the molecule is CN(C)CCNC(=O)[C@@]12COC[C@@H]1CN(C(=O)c1n[nH]c3c1CCC3)C2. The van der Waals surface area contributed by atoms with Crippen molar-refractivity contribution < 1.29 is 14.3 Å². The topological polar surface area (TPSA) is 90.6 Å². The average molecular weight is 361 g/mol. The van der Waals surface area contributed by atoms with Crippen LogP contribution in [-0.4, -0.2) is 85.3 Å². The molecule has 1 aromatic rings. The van der Waals surface area contributed by atoms with Gasteiger partial charge in [-0.3, -0.25) is 14.7 Å². The Bertz CT molecular complexity index is 716. The van der Waals surface area contributed by atoms with Crippen LogP contribution in [0.4, 0.5) is 0 Å². The highest BCUT2D eigenvalue weighted by atomic mass is 16.5. The Hall–Kier alpha value is -1.93. The molecule has 1 aliphatic carbocycles. The van der Waals surface area contributed by atoms with Gasteiger partial charge in [-0.25, -0.2) is 0 Å². The third-order valence-corrected chi connectivity index (χ3v) is 5.97. The molecule has 3 heterocycles. The maximum absolute atomic E-state index is 13.0. The van der Waals surface area contributed by atoms with Crippen LogP contribution in [0.15, 0.2) is 0 Å². The van der Waals surface area contributed by atoms with Gasteiger partial charge in [0.15, 0.2) is 5.69 Å². The minimum atomic E-state index is -0.624. The van der Waals surface area contributed by atoms with Gasteiger partial charge in [-0.1, -0.05) is 0 Å². The van der Waals surface area contributed by atoms with Gasteiger partial charge in [0.2, 0.25) is 5.91 Å². The van der Waals surface area contributed by atoms with E-state index in [0.29, 0.717) is 38.5 Å². The zero-order chi connectivity index (χ0) is 18.3.